The van der Waals surface area contributed by atoms with E-state index in [9.17, 15) is 34.2 Å². The Morgan fingerprint density at radius 1 is 0.836 bits per heavy atom. The van der Waals surface area contributed by atoms with Gasteiger partial charge in [-0.2, -0.15) is 0 Å². The molecule has 4 bridgehead atoms. The summed E-state index contributed by atoms with van der Waals surface area (Å²) < 4.78 is 41.4. The lowest BCUT2D eigenvalue weighted by Gasteiger charge is -2.42. The molecule has 0 aromatic carbocycles. The topological polar surface area (TPSA) is 194 Å². The number of ether oxygens (including phenoxy) is 7. The Hall–Kier alpha value is -3.73. The number of rotatable bonds is 6. The summed E-state index contributed by atoms with van der Waals surface area (Å²) in [5.74, 6) is -7.13. The molecule has 376 valence electrons. The Bertz CT molecular complexity index is 1840. The first kappa shape index (κ1) is 54.2. The minimum atomic E-state index is -2.42. The number of methoxy groups -OCH3 is 3. The number of Topliss-reactive ketones (excluding diaryl/α,β-unsaturated/α-hetero) is 2. The predicted molar refractivity (Wildman–Crippen MR) is 249 cm³/mol. The number of carbonyl (C=O) groups excluding carboxylic acids is 5. The third-order valence-electron chi connectivity index (χ3n) is 15.1. The highest BCUT2D eigenvalue weighted by molar-refractivity contribution is 6.39. The summed E-state index contributed by atoms with van der Waals surface area (Å²) in [6.07, 6.45) is 11.4. The fourth-order valence-electron chi connectivity index (χ4n) is 10.8. The molecule has 16 atom stereocenters. The minimum Gasteiger partial charge on any atom is -0.460 e. The number of fused-ring (bicyclic) bond motifs is 5. The van der Waals surface area contributed by atoms with E-state index >= 15 is 0 Å². The van der Waals surface area contributed by atoms with Crippen molar-refractivity contribution in [3.8, 4) is 0 Å². The lowest BCUT2D eigenvalue weighted by atomic mass is 9.78. The Labute approximate surface area is 398 Å². The van der Waals surface area contributed by atoms with Gasteiger partial charge >= 0.3 is 12.1 Å². The van der Waals surface area contributed by atoms with E-state index in [1.807, 2.05) is 45.1 Å². The standard InChI is InChI=1S/C52H79NO14/c1-30-16-12-11-13-17-31(2)42(61-8)28-38-21-19-36(7)52(60,67-38)48(56)49(57)53-23-15-14-18-39(53)50(58)64-43(33(4)26-37-20-22-40(54)44(27-37)62-9)29-41(55)32(3)25-35(6)46-47(63-10)45(34(5)24-30)65-51(59)66-46/h11-13,16-17,25,30,32-34,36-40,42-47,54,60H,14-15,18-24,26-29H2,1-10H3/b13-11+,16-12+,31-17+,35-25+/t30-,32-,33-,34?,36?,37?,38+,39?,40-,42+,43+,44?,45?,46?,47+,52?/m1/s1. The number of aliphatic hydroxyl groups excluding tert-OH is 1. The molecular weight excluding hydrogens is 863 g/mol. The summed E-state index contributed by atoms with van der Waals surface area (Å²) in [4.78, 5) is 71.4. The van der Waals surface area contributed by atoms with Crippen LogP contribution in [0.4, 0.5) is 4.79 Å². The predicted octanol–water partition coefficient (Wildman–Crippen LogP) is 7.15. The number of allylic oxidation sites excluding steroid dienone is 6. The second kappa shape index (κ2) is 24.7. The normalized spacial score (nSPS) is 41.3. The molecular formula is C52H79NO14. The number of aliphatic hydroxyl groups is 2. The van der Waals surface area contributed by atoms with Gasteiger partial charge in [0.25, 0.3) is 11.7 Å². The summed E-state index contributed by atoms with van der Waals surface area (Å²) in [6.45, 7) is 13.3. The van der Waals surface area contributed by atoms with E-state index in [0.717, 1.165) is 12.0 Å². The van der Waals surface area contributed by atoms with Crippen molar-refractivity contribution in [3.63, 3.8) is 0 Å². The highest BCUT2D eigenvalue weighted by Gasteiger charge is 2.53. The summed E-state index contributed by atoms with van der Waals surface area (Å²) in [7, 11) is 4.71. The molecule has 4 heterocycles. The number of esters is 1. The SMILES string of the molecule is COC1CC(C[C@@H](C)[C@@H]2CC(=O)[C@H](C)/C=C(\C)C3OC(=O)OC(C(C)C[C@H](C)/C=C/C=C/C=C(\C)[C@@H](OC)C[C@@H]4CCC(C)C(O)(O4)C(=O)C(=O)N4CCCCC4C(=O)O2)[C@@H]3OC)CC[C@H]1O. The first-order valence-electron chi connectivity index (χ1n) is 24.6. The van der Waals surface area contributed by atoms with Crippen molar-refractivity contribution in [2.45, 2.75) is 186 Å². The zero-order valence-corrected chi connectivity index (χ0v) is 41.6. The van der Waals surface area contributed by atoms with Crippen LogP contribution >= 0.6 is 0 Å². The number of ketones is 2. The lowest BCUT2D eigenvalue weighted by Crippen LogP contribution is -2.61. The fraction of sp³-hybridized carbons (Fsp3) is 0.750. The second-order valence-electron chi connectivity index (χ2n) is 20.2. The van der Waals surface area contributed by atoms with E-state index in [2.05, 4.69) is 13.0 Å². The van der Waals surface area contributed by atoms with Crippen LogP contribution in [0.2, 0.25) is 0 Å². The van der Waals surface area contributed by atoms with Gasteiger partial charge in [0.1, 0.15) is 30.1 Å². The van der Waals surface area contributed by atoms with Crippen LogP contribution in [0.15, 0.2) is 47.6 Å². The number of piperidine rings is 1. The van der Waals surface area contributed by atoms with E-state index < -0.39 is 90.2 Å². The van der Waals surface area contributed by atoms with Gasteiger partial charge in [-0.15, -0.1) is 0 Å². The largest absolute Gasteiger partial charge is 0.509 e. The average Bonchev–Trinajstić information content (AvgIpc) is 3.30. The maximum Gasteiger partial charge on any atom is 0.509 e. The van der Waals surface area contributed by atoms with Crippen molar-refractivity contribution in [2.75, 3.05) is 27.9 Å². The van der Waals surface area contributed by atoms with Crippen LogP contribution in [0, 0.1) is 35.5 Å². The van der Waals surface area contributed by atoms with Crippen LogP contribution in [0.1, 0.15) is 126 Å². The van der Waals surface area contributed by atoms with Crippen molar-refractivity contribution in [3.05, 3.63) is 47.6 Å². The first-order valence-corrected chi connectivity index (χ1v) is 24.6. The summed E-state index contributed by atoms with van der Waals surface area (Å²) >= 11 is 0. The molecule has 8 unspecified atom stereocenters. The number of hydrogen-bond acceptors (Lipinski definition) is 14. The van der Waals surface area contributed by atoms with Gasteiger partial charge in [0.05, 0.1) is 24.4 Å². The van der Waals surface area contributed by atoms with Crippen LogP contribution in [0.25, 0.3) is 0 Å². The molecule has 5 rings (SSSR count). The lowest BCUT2D eigenvalue weighted by molar-refractivity contribution is -0.265. The number of amides is 1. The zero-order valence-electron chi connectivity index (χ0n) is 41.6. The number of nitrogens with zero attached hydrogens (tertiary/aromatic N) is 1. The monoisotopic (exact) mass is 942 g/mol. The van der Waals surface area contributed by atoms with E-state index in [1.54, 1.807) is 48.2 Å². The van der Waals surface area contributed by atoms with Crippen LogP contribution in [0.5, 0.6) is 0 Å². The molecule has 1 aliphatic carbocycles. The van der Waals surface area contributed by atoms with Gasteiger partial charge in [-0.25, -0.2) is 9.59 Å². The van der Waals surface area contributed by atoms with Crippen molar-refractivity contribution >= 4 is 29.6 Å². The van der Waals surface area contributed by atoms with E-state index in [4.69, 9.17) is 33.2 Å². The molecule has 1 amide bonds. The molecule has 15 heteroatoms. The van der Waals surface area contributed by atoms with E-state index in [-0.39, 0.29) is 54.9 Å². The quantitative estimate of drug-likeness (QED) is 0.155. The van der Waals surface area contributed by atoms with Crippen molar-refractivity contribution in [1.82, 2.24) is 4.90 Å². The smallest absolute Gasteiger partial charge is 0.460 e. The Kier molecular flexibility index (Phi) is 20.0. The van der Waals surface area contributed by atoms with Gasteiger partial charge in [0, 0.05) is 52.6 Å². The zero-order chi connectivity index (χ0) is 49.2. The first-order chi connectivity index (χ1) is 31.8. The molecule has 4 aliphatic heterocycles. The van der Waals surface area contributed by atoms with Gasteiger partial charge in [0.15, 0.2) is 6.10 Å². The maximum atomic E-state index is 14.4. The van der Waals surface area contributed by atoms with E-state index in [0.29, 0.717) is 63.4 Å². The van der Waals surface area contributed by atoms with Gasteiger partial charge in [-0.3, -0.25) is 14.4 Å². The van der Waals surface area contributed by atoms with Crippen molar-refractivity contribution in [1.29, 1.82) is 0 Å². The molecule has 2 N–H and O–H groups in total. The second-order valence-corrected chi connectivity index (χ2v) is 20.2. The summed E-state index contributed by atoms with van der Waals surface area (Å²) in [5, 5.41) is 22.5. The molecule has 4 fully saturated rings. The van der Waals surface area contributed by atoms with Crippen LogP contribution in [-0.4, -0.2) is 133 Å². The summed E-state index contributed by atoms with van der Waals surface area (Å²) in [5.41, 5.74) is 1.51. The van der Waals surface area contributed by atoms with Gasteiger partial charge < -0.3 is 48.3 Å². The molecule has 0 aromatic heterocycles. The number of hydrogen-bond donors (Lipinski definition) is 2. The molecule has 15 nitrogen and oxygen atoms in total. The van der Waals surface area contributed by atoms with Gasteiger partial charge in [0.2, 0.25) is 5.79 Å². The molecule has 1 saturated carbocycles. The highest BCUT2D eigenvalue weighted by atomic mass is 16.8. The van der Waals surface area contributed by atoms with Crippen molar-refractivity contribution < 1.29 is 67.3 Å². The van der Waals surface area contributed by atoms with Crippen molar-refractivity contribution in [2.24, 2.45) is 35.5 Å². The fourth-order valence-corrected chi connectivity index (χ4v) is 10.8. The Morgan fingerprint density at radius 3 is 2.28 bits per heavy atom. The molecule has 3 saturated heterocycles. The third kappa shape index (κ3) is 13.7. The third-order valence-corrected chi connectivity index (χ3v) is 15.1. The molecule has 67 heavy (non-hydrogen) atoms. The average molecular weight is 942 g/mol. The van der Waals surface area contributed by atoms with Gasteiger partial charge in [-0.05, 0) is 113 Å². The summed E-state index contributed by atoms with van der Waals surface area (Å²) in [6, 6.07) is -1.13. The Morgan fingerprint density at radius 2 is 1.58 bits per heavy atom. The van der Waals surface area contributed by atoms with Crippen LogP contribution in [-0.2, 0) is 52.3 Å². The van der Waals surface area contributed by atoms with Crippen LogP contribution in [0.3, 0.4) is 0 Å². The van der Waals surface area contributed by atoms with Gasteiger partial charge in [-0.1, -0.05) is 71.1 Å². The number of carbonyl (C=O) groups is 5. The molecule has 0 aromatic rings. The number of cyclic esters (lactones) is 1. The highest BCUT2D eigenvalue weighted by Crippen LogP contribution is 2.38. The Balaban J connectivity index is 1.49. The van der Waals surface area contributed by atoms with E-state index in [1.165, 1.54) is 4.90 Å². The van der Waals surface area contributed by atoms with Crippen LogP contribution < -0.4 is 0 Å². The minimum absolute atomic E-state index is 0.0948. The molecule has 0 radical (unpaired) electrons. The molecule has 0 spiro atoms. The molecule has 5 aliphatic rings. The maximum absolute atomic E-state index is 14.4.